The van der Waals surface area contributed by atoms with Crippen molar-refractivity contribution in [1.82, 2.24) is 0 Å². The van der Waals surface area contributed by atoms with Gasteiger partial charge in [0.15, 0.2) is 0 Å². The maximum Gasteiger partial charge on any atom is 0.0462 e. The van der Waals surface area contributed by atoms with Gasteiger partial charge in [0.1, 0.15) is 0 Å². The van der Waals surface area contributed by atoms with Gasteiger partial charge in [0.25, 0.3) is 0 Å². The van der Waals surface area contributed by atoms with Gasteiger partial charge < -0.3 is 4.74 Å². The predicted octanol–water partition coefficient (Wildman–Crippen LogP) is 6.59. The van der Waals surface area contributed by atoms with Crippen LogP contribution in [0.2, 0.25) is 5.02 Å². The zero-order chi connectivity index (χ0) is 15.2. The van der Waals surface area contributed by atoms with Crippen molar-refractivity contribution in [2.24, 2.45) is 0 Å². The Morgan fingerprint density at radius 3 is 1.90 bits per heavy atom. The quantitative estimate of drug-likeness (QED) is 0.298. The normalized spacial score (nSPS) is 11.0. The fraction of sp³-hybridized carbons (Fsp3) is 0.667. The van der Waals surface area contributed by atoms with E-state index in [1.807, 2.05) is 23.9 Å². The molecule has 120 valence electrons. The smallest absolute Gasteiger partial charge is 0.0462 e. The van der Waals surface area contributed by atoms with Crippen LogP contribution in [0.3, 0.4) is 0 Å². The molecule has 3 heteroatoms. The molecule has 0 saturated heterocycles. The van der Waals surface area contributed by atoms with Crippen molar-refractivity contribution in [3.63, 3.8) is 0 Å². The second-order valence-corrected chi connectivity index (χ2v) is 7.08. The molecule has 1 nitrogen and oxygen atoms in total. The van der Waals surface area contributed by atoms with E-state index in [4.69, 9.17) is 16.3 Å². The second kappa shape index (κ2) is 13.5. The number of methoxy groups -OCH3 is 1. The van der Waals surface area contributed by atoms with Crippen LogP contribution in [-0.4, -0.2) is 19.5 Å². The number of ether oxygens (including phenoxy) is 1. The van der Waals surface area contributed by atoms with E-state index in [1.165, 1.54) is 68.4 Å². The van der Waals surface area contributed by atoms with Gasteiger partial charge in [0, 0.05) is 23.6 Å². The SMILES string of the molecule is COCCCCCCCCCCCSc1ccc(Cl)cc1. The molecule has 21 heavy (non-hydrogen) atoms. The third-order valence-corrected chi connectivity index (χ3v) is 4.93. The summed E-state index contributed by atoms with van der Waals surface area (Å²) in [6.45, 7) is 0.922. The molecule has 1 rings (SSSR count). The van der Waals surface area contributed by atoms with Crippen LogP contribution in [-0.2, 0) is 4.74 Å². The lowest BCUT2D eigenvalue weighted by Crippen LogP contribution is -1.88. The second-order valence-electron chi connectivity index (χ2n) is 5.48. The van der Waals surface area contributed by atoms with E-state index in [0.717, 1.165) is 11.6 Å². The van der Waals surface area contributed by atoms with Gasteiger partial charge in [0.05, 0.1) is 0 Å². The maximum absolute atomic E-state index is 5.88. The first kappa shape index (κ1) is 18.9. The molecule has 0 atom stereocenters. The first-order valence-electron chi connectivity index (χ1n) is 8.20. The molecule has 0 bridgehead atoms. The Morgan fingerprint density at radius 1 is 0.810 bits per heavy atom. The van der Waals surface area contributed by atoms with Crippen LogP contribution < -0.4 is 0 Å². The van der Waals surface area contributed by atoms with Crippen LogP contribution in [0.15, 0.2) is 29.2 Å². The van der Waals surface area contributed by atoms with Gasteiger partial charge in [-0.05, 0) is 42.9 Å². The van der Waals surface area contributed by atoms with Crippen molar-refractivity contribution < 1.29 is 4.74 Å². The van der Waals surface area contributed by atoms with Crippen LogP contribution in [0.4, 0.5) is 0 Å². The average molecular weight is 329 g/mol. The summed E-state index contributed by atoms with van der Waals surface area (Å²) in [5.41, 5.74) is 0. The third kappa shape index (κ3) is 11.1. The Morgan fingerprint density at radius 2 is 1.33 bits per heavy atom. The van der Waals surface area contributed by atoms with Crippen molar-refractivity contribution in [3.8, 4) is 0 Å². The summed E-state index contributed by atoms with van der Waals surface area (Å²) in [5, 5.41) is 0.821. The zero-order valence-corrected chi connectivity index (χ0v) is 14.9. The molecule has 0 spiro atoms. The predicted molar refractivity (Wildman–Crippen MR) is 95.6 cm³/mol. The molecule has 0 radical (unpaired) electrons. The highest BCUT2D eigenvalue weighted by Crippen LogP contribution is 2.22. The number of benzene rings is 1. The summed E-state index contributed by atoms with van der Waals surface area (Å²) in [6, 6.07) is 8.15. The molecule has 0 aromatic heterocycles. The van der Waals surface area contributed by atoms with Crippen molar-refractivity contribution in [2.75, 3.05) is 19.5 Å². The summed E-state index contributed by atoms with van der Waals surface area (Å²) in [5.74, 6) is 1.22. The Labute approximate surface area is 139 Å². The van der Waals surface area contributed by atoms with Gasteiger partial charge in [-0.1, -0.05) is 56.5 Å². The van der Waals surface area contributed by atoms with E-state index in [9.17, 15) is 0 Å². The Hall–Kier alpha value is -0.180. The van der Waals surface area contributed by atoms with E-state index in [1.54, 1.807) is 7.11 Å². The molecule has 0 heterocycles. The van der Waals surface area contributed by atoms with Gasteiger partial charge in [-0.25, -0.2) is 0 Å². The van der Waals surface area contributed by atoms with Crippen LogP contribution in [0.25, 0.3) is 0 Å². The Kier molecular flexibility index (Phi) is 12.1. The topological polar surface area (TPSA) is 9.23 Å². The van der Waals surface area contributed by atoms with E-state index < -0.39 is 0 Å². The fourth-order valence-corrected chi connectivity index (χ4v) is 3.35. The lowest BCUT2D eigenvalue weighted by atomic mass is 10.1. The largest absolute Gasteiger partial charge is 0.385 e. The average Bonchev–Trinajstić information content (AvgIpc) is 2.50. The summed E-state index contributed by atoms with van der Waals surface area (Å²) in [6.07, 6.45) is 12.2. The molecule has 0 unspecified atom stereocenters. The highest BCUT2D eigenvalue weighted by molar-refractivity contribution is 7.99. The van der Waals surface area contributed by atoms with E-state index in [-0.39, 0.29) is 0 Å². The Balaban J connectivity index is 1.81. The molecule has 0 saturated carbocycles. The number of rotatable bonds is 13. The molecule has 0 aliphatic rings. The van der Waals surface area contributed by atoms with E-state index >= 15 is 0 Å². The molecule has 1 aromatic rings. The first-order valence-corrected chi connectivity index (χ1v) is 9.56. The minimum absolute atomic E-state index is 0.821. The van der Waals surface area contributed by atoms with Crippen LogP contribution in [0, 0.1) is 0 Å². The van der Waals surface area contributed by atoms with Crippen LogP contribution >= 0.6 is 23.4 Å². The third-order valence-electron chi connectivity index (χ3n) is 3.58. The van der Waals surface area contributed by atoms with Crippen LogP contribution in [0.5, 0.6) is 0 Å². The van der Waals surface area contributed by atoms with Gasteiger partial charge in [-0.2, -0.15) is 0 Å². The number of hydrogen-bond acceptors (Lipinski definition) is 2. The summed E-state index contributed by atoms with van der Waals surface area (Å²) in [7, 11) is 1.78. The molecule has 0 N–H and O–H groups in total. The lowest BCUT2D eigenvalue weighted by molar-refractivity contribution is 0.192. The number of hydrogen-bond donors (Lipinski definition) is 0. The summed E-state index contributed by atoms with van der Waals surface area (Å²) < 4.78 is 5.05. The van der Waals surface area contributed by atoms with Gasteiger partial charge in [-0.15, -0.1) is 11.8 Å². The minimum Gasteiger partial charge on any atom is -0.385 e. The summed E-state index contributed by atoms with van der Waals surface area (Å²) >= 11 is 7.81. The van der Waals surface area contributed by atoms with Crippen molar-refractivity contribution >= 4 is 23.4 Å². The molecule has 1 aromatic carbocycles. The minimum atomic E-state index is 0.821. The molecule has 0 fully saturated rings. The molecule has 0 amide bonds. The summed E-state index contributed by atoms with van der Waals surface area (Å²) in [4.78, 5) is 1.33. The fourth-order valence-electron chi connectivity index (χ4n) is 2.31. The molecule has 0 aliphatic heterocycles. The van der Waals surface area contributed by atoms with Gasteiger partial charge >= 0.3 is 0 Å². The van der Waals surface area contributed by atoms with Gasteiger partial charge in [-0.3, -0.25) is 0 Å². The molecular formula is C18H29ClOS. The number of thioether (sulfide) groups is 1. The van der Waals surface area contributed by atoms with Crippen molar-refractivity contribution in [1.29, 1.82) is 0 Å². The highest BCUT2D eigenvalue weighted by Gasteiger charge is 1.96. The standard InChI is InChI=1S/C18H29ClOS/c1-20-15-9-7-5-3-2-4-6-8-10-16-21-18-13-11-17(19)12-14-18/h11-14H,2-10,15-16H2,1H3. The monoisotopic (exact) mass is 328 g/mol. The molecular weight excluding hydrogens is 300 g/mol. The number of halogens is 1. The number of unbranched alkanes of at least 4 members (excludes halogenated alkanes) is 8. The van der Waals surface area contributed by atoms with E-state index in [2.05, 4.69) is 12.1 Å². The highest BCUT2D eigenvalue weighted by atomic mass is 35.5. The zero-order valence-electron chi connectivity index (χ0n) is 13.3. The van der Waals surface area contributed by atoms with Crippen molar-refractivity contribution in [2.45, 2.75) is 62.7 Å². The maximum atomic E-state index is 5.88. The Bertz CT molecular complexity index is 340. The van der Waals surface area contributed by atoms with Gasteiger partial charge in [0.2, 0.25) is 0 Å². The molecule has 0 aliphatic carbocycles. The van der Waals surface area contributed by atoms with E-state index in [0.29, 0.717) is 0 Å². The van der Waals surface area contributed by atoms with Crippen LogP contribution in [0.1, 0.15) is 57.8 Å². The van der Waals surface area contributed by atoms with Crippen molar-refractivity contribution in [3.05, 3.63) is 29.3 Å². The first-order chi connectivity index (χ1) is 10.3. The lowest BCUT2D eigenvalue weighted by Gasteiger charge is -2.03.